The zero-order valence-corrected chi connectivity index (χ0v) is 16.5. The number of aryl methyl sites for hydroxylation is 2. The predicted molar refractivity (Wildman–Crippen MR) is 104 cm³/mol. The largest absolute Gasteiger partial charge is 0.342 e. The van der Waals surface area contributed by atoms with Gasteiger partial charge in [-0.05, 0) is 51.0 Å². The van der Waals surface area contributed by atoms with Gasteiger partial charge < -0.3 is 16.0 Å². The van der Waals surface area contributed by atoms with E-state index in [1.165, 1.54) is 12.1 Å². The molecule has 2 aromatic carbocycles. The van der Waals surface area contributed by atoms with Gasteiger partial charge in [-0.1, -0.05) is 18.2 Å². The number of carbonyl (C=O) groups is 2. The Labute approximate surface area is 163 Å². The Morgan fingerprint density at radius 3 is 2.32 bits per heavy atom. The highest BCUT2D eigenvalue weighted by Crippen LogP contribution is 2.19. The maximum Gasteiger partial charge on any atom is 0.278 e. The lowest BCUT2D eigenvalue weighted by Gasteiger charge is -2.17. The summed E-state index contributed by atoms with van der Waals surface area (Å²) >= 11 is 0. The van der Waals surface area contributed by atoms with E-state index >= 15 is 0 Å². The molecule has 0 aromatic heterocycles. The third-order valence-corrected chi connectivity index (χ3v) is 4.61. The van der Waals surface area contributed by atoms with Gasteiger partial charge in [0.05, 0.1) is 6.54 Å². The average molecular weight is 390 g/mol. The van der Waals surface area contributed by atoms with E-state index < -0.39 is 17.7 Å². The molecule has 5 nitrogen and oxygen atoms in total. The van der Waals surface area contributed by atoms with Crippen LogP contribution < -0.4 is 16.0 Å². The van der Waals surface area contributed by atoms with Crippen molar-refractivity contribution in [2.75, 3.05) is 11.9 Å². The average Bonchev–Trinajstić information content (AvgIpc) is 2.62. The van der Waals surface area contributed by atoms with E-state index in [4.69, 9.17) is 0 Å². The minimum Gasteiger partial charge on any atom is -0.342 e. The van der Waals surface area contributed by atoms with Gasteiger partial charge in [0, 0.05) is 17.3 Å². The van der Waals surface area contributed by atoms with E-state index in [0.717, 1.165) is 22.9 Å². The summed E-state index contributed by atoms with van der Waals surface area (Å²) in [7, 11) is 0. The van der Waals surface area contributed by atoms with Gasteiger partial charge in [0.25, 0.3) is 5.91 Å². The monoisotopic (exact) mass is 390 g/mol. The first-order chi connectivity index (χ1) is 13.2. The molecule has 0 aliphatic heterocycles. The van der Waals surface area contributed by atoms with Crippen LogP contribution in [0.2, 0.25) is 0 Å². The molecule has 0 spiro atoms. The number of anilines is 1. The van der Waals surface area contributed by atoms with E-state index in [1.54, 1.807) is 19.2 Å². The Morgan fingerprint density at radius 1 is 1.07 bits per heavy atom. The molecule has 2 atom stereocenters. The summed E-state index contributed by atoms with van der Waals surface area (Å²) in [6.07, 6.45) is 0. The predicted octanol–water partition coefficient (Wildman–Crippen LogP) is 2.35. The lowest BCUT2D eigenvalue weighted by molar-refractivity contribution is -0.710. The number of para-hydroxylation sites is 1. The summed E-state index contributed by atoms with van der Waals surface area (Å²) < 4.78 is 26.9. The van der Waals surface area contributed by atoms with Crippen LogP contribution in [0.1, 0.15) is 36.6 Å². The summed E-state index contributed by atoms with van der Waals surface area (Å²) in [5, 5.41) is 7.05. The van der Waals surface area contributed by atoms with E-state index in [9.17, 15) is 18.4 Å². The van der Waals surface area contributed by atoms with Crippen LogP contribution in [0.15, 0.2) is 36.4 Å². The second-order valence-electron chi connectivity index (χ2n) is 6.97. The van der Waals surface area contributed by atoms with Crippen LogP contribution >= 0.6 is 0 Å². The Kier molecular flexibility index (Phi) is 7.23. The molecule has 0 saturated heterocycles. The summed E-state index contributed by atoms with van der Waals surface area (Å²) in [6, 6.07) is 8.15. The number of benzene rings is 2. The van der Waals surface area contributed by atoms with Crippen molar-refractivity contribution in [1.82, 2.24) is 5.32 Å². The van der Waals surface area contributed by atoms with Crippen molar-refractivity contribution < 1.29 is 23.7 Å². The van der Waals surface area contributed by atoms with Crippen LogP contribution in [0.25, 0.3) is 0 Å². The van der Waals surface area contributed by atoms with E-state index in [1.807, 2.05) is 32.0 Å². The molecule has 0 aliphatic carbocycles. The molecule has 0 saturated carbocycles. The first-order valence-corrected chi connectivity index (χ1v) is 9.12. The third-order valence-electron chi connectivity index (χ3n) is 4.61. The molecular formula is C21H26F2N3O2+. The van der Waals surface area contributed by atoms with Gasteiger partial charge in [0.1, 0.15) is 17.7 Å². The number of hydrogen-bond acceptors (Lipinski definition) is 2. The van der Waals surface area contributed by atoms with Gasteiger partial charge in [0.2, 0.25) is 5.91 Å². The zero-order valence-electron chi connectivity index (χ0n) is 16.5. The number of carbonyl (C=O) groups excluding carboxylic acids is 2. The number of amides is 2. The van der Waals surface area contributed by atoms with Crippen LogP contribution in [-0.2, 0) is 9.59 Å². The second kappa shape index (κ2) is 9.41. The van der Waals surface area contributed by atoms with E-state index in [2.05, 4.69) is 10.6 Å². The van der Waals surface area contributed by atoms with Crippen molar-refractivity contribution in [2.24, 2.45) is 0 Å². The SMILES string of the molecule is Cc1cccc(C)c1NC(=O)CNC(=O)[C@@H](C)[NH2+][C@H](C)c1ccc(F)cc1F. The first-order valence-electron chi connectivity index (χ1n) is 9.12. The van der Waals surface area contributed by atoms with Gasteiger partial charge in [-0.15, -0.1) is 0 Å². The molecular weight excluding hydrogens is 364 g/mol. The summed E-state index contributed by atoms with van der Waals surface area (Å²) in [6.45, 7) is 7.02. The van der Waals surface area contributed by atoms with Gasteiger partial charge in [-0.25, -0.2) is 8.78 Å². The fourth-order valence-corrected chi connectivity index (χ4v) is 3.02. The number of quaternary nitrogens is 1. The van der Waals surface area contributed by atoms with Crippen molar-refractivity contribution in [3.63, 3.8) is 0 Å². The number of rotatable bonds is 7. The van der Waals surface area contributed by atoms with Crippen molar-refractivity contribution in [3.8, 4) is 0 Å². The van der Waals surface area contributed by atoms with E-state index in [0.29, 0.717) is 5.56 Å². The molecule has 28 heavy (non-hydrogen) atoms. The van der Waals surface area contributed by atoms with Crippen LogP contribution in [-0.4, -0.2) is 24.4 Å². The maximum atomic E-state index is 13.9. The summed E-state index contributed by atoms with van der Waals surface area (Å²) in [5.41, 5.74) is 2.93. The minimum absolute atomic E-state index is 0.163. The van der Waals surface area contributed by atoms with Crippen LogP contribution in [0.5, 0.6) is 0 Å². The van der Waals surface area contributed by atoms with E-state index in [-0.39, 0.29) is 24.4 Å². The third kappa shape index (κ3) is 5.60. The molecule has 0 fully saturated rings. The lowest BCUT2D eigenvalue weighted by Crippen LogP contribution is -2.92. The fraction of sp³-hybridized carbons (Fsp3) is 0.333. The summed E-state index contributed by atoms with van der Waals surface area (Å²) in [4.78, 5) is 24.4. The Hall–Kier alpha value is -2.80. The number of hydrogen-bond donors (Lipinski definition) is 3. The molecule has 2 amide bonds. The highest BCUT2D eigenvalue weighted by Gasteiger charge is 2.22. The normalized spacial score (nSPS) is 12.9. The standard InChI is InChI=1S/C21H25F2N3O2/c1-12-6-5-7-13(2)20(12)26-19(27)11-24-21(28)15(4)25-14(3)17-9-8-16(22)10-18(17)23/h5-10,14-15,25H,11H2,1-4H3,(H,24,28)(H,26,27)/p+1/t14-,15-/m1/s1. The quantitative estimate of drug-likeness (QED) is 0.679. The zero-order chi connectivity index (χ0) is 20.8. The van der Waals surface area contributed by atoms with Crippen LogP contribution in [0.3, 0.4) is 0 Å². The van der Waals surface area contributed by atoms with Gasteiger partial charge in [-0.3, -0.25) is 9.59 Å². The first kappa shape index (κ1) is 21.5. The van der Waals surface area contributed by atoms with Gasteiger partial charge in [0.15, 0.2) is 6.04 Å². The van der Waals surface area contributed by atoms with Crippen molar-refractivity contribution in [2.45, 2.75) is 39.8 Å². The maximum absolute atomic E-state index is 13.9. The van der Waals surface area contributed by atoms with Crippen molar-refractivity contribution in [3.05, 3.63) is 64.7 Å². The smallest absolute Gasteiger partial charge is 0.278 e. The molecule has 0 radical (unpaired) electrons. The molecule has 0 aliphatic rings. The summed E-state index contributed by atoms with van der Waals surface area (Å²) in [5.74, 6) is -1.96. The fourth-order valence-electron chi connectivity index (χ4n) is 3.02. The highest BCUT2D eigenvalue weighted by molar-refractivity contribution is 5.96. The molecule has 0 unspecified atom stereocenters. The molecule has 0 heterocycles. The van der Waals surface area contributed by atoms with Crippen LogP contribution in [0.4, 0.5) is 14.5 Å². The molecule has 0 bridgehead atoms. The number of nitrogens with two attached hydrogens (primary N) is 1. The Balaban J connectivity index is 1.87. The molecule has 2 aromatic rings. The Morgan fingerprint density at radius 2 is 1.71 bits per heavy atom. The number of halogens is 2. The van der Waals surface area contributed by atoms with Gasteiger partial charge >= 0.3 is 0 Å². The lowest BCUT2D eigenvalue weighted by atomic mass is 10.1. The minimum atomic E-state index is -0.649. The molecule has 4 N–H and O–H groups in total. The molecule has 150 valence electrons. The van der Waals surface area contributed by atoms with Crippen LogP contribution in [0, 0.1) is 25.5 Å². The molecule has 7 heteroatoms. The molecule has 2 rings (SSSR count). The second-order valence-corrected chi connectivity index (χ2v) is 6.97. The highest BCUT2D eigenvalue weighted by atomic mass is 19.1. The van der Waals surface area contributed by atoms with Gasteiger partial charge in [-0.2, -0.15) is 0 Å². The van der Waals surface area contributed by atoms with Crippen molar-refractivity contribution >= 4 is 17.5 Å². The Bertz CT molecular complexity index is 850. The van der Waals surface area contributed by atoms with Crippen molar-refractivity contribution in [1.29, 1.82) is 0 Å². The topological polar surface area (TPSA) is 74.8 Å². The number of nitrogens with one attached hydrogen (secondary N) is 2.